The Morgan fingerprint density at radius 2 is 1.82 bits per heavy atom. The fourth-order valence-electron chi connectivity index (χ4n) is 1.94. The van der Waals surface area contributed by atoms with E-state index in [0.717, 1.165) is 5.56 Å². The van der Waals surface area contributed by atoms with Gasteiger partial charge in [-0.25, -0.2) is 0 Å². The Hall–Kier alpha value is -2.49. The van der Waals surface area contributed by atoms with Gasteiger partial charge in [-0.1, -0.05) is 32.9 Å². The molecule has 2 N–H and O–H groups in total. The van der Waals surface area contributed by atoms with Crippen molar-refractivity contribution >= 4 is 11.6 Å². The molecule has 2 aromatic rings. The first-order valence-electron chi connectivity index (χ1n) is 7.17. The third kappa shape index (κ3) is 4.52. The van der Waals surface area contributed by atoms with Crippen LogP contribution in [0, 0.1) is 0 Å². The number of ether oxygens (including phenoxy) is 1. The fourth-order valence-corrected chi connectivity index (χ4v) is 1.94. The zero-order valence-corrected chi connectivity index (χ0v) is 13.1. The van der Waals surface area contributed by atoms with Crippen LogP contribution in [0.2, 0.25) is 0 Å². The summed E-state index contributed by atoms with van der Waals surface area (Å²) in [7, 11) is 0. The van der Waals surface area contributed by atoms with Crippen molar-refractivity contribution in [3.8, 4) is 11.5 Å². The summed E-state index contributed by atoms with van der Waals surface area (Å²) in [5, 5.41) is 11.9. The molecule has 0 atom stereocenters. The minimum Gasteiger partial charge on any atom is -0.508 e. The van der Waals surface area contributed by atoms with E-state index in [2.05, 4.69) is 26.1 Å². The zero-order valence-electron chi connectivity index (χ0n) is 13.1. The van der Waals surface area contributed by atoms with Gasteiger partial charge in [-0.3, -0.25) is 4.79 Å². The summed E-state index contributed by atoms with van der Waals surface area (Å²) in [6, 6.07) is 14.1. The maximum Gasteiger partial charge on any atom is 0.262 e. The lowest BCUT2D eigenvalue weighted by atomic mass is 9.87. The maximum absolute atomic E-state index is 11.9. The molecule has 0 radical (unpaired) electrons. The number of rotatable bonds is 4. The van der Waals surface area contributed by atoms with Crippen LogP contribution in [0.15, 0.2) is 48.5 Å². The maximum atomic E-state index is 11.9. The molecule has 0 aliphatic rings. The molecular formula is C18H21NO3. The van der Waals surface area contributed by atoms with Crippen molar-refractivity contribution in [3.63, 3.8) is 0 Å². The Morgan fingerprint density at radius 1 is 1.14 bits per heavy atom. The normalized spacial score (nSPS) is 11.0. The van der Waals surface area contributed by atoms with E-state index in [0.29, 0.717) is 11.4 Å². The summed E-state index contributed by atoms with van der Waals surface area (Å²) in [6.45, 7) is 6.32. The van der Waals surface area contributed by atoms with E-state index >= 15 is 0 Å². The van der Waals surface area contributed by atoms with Gasteiger partial charge in [0.15, 0.2) is 6.61 Å². The molecule has 0 aliphatic carbocycles. The fraction of sp³-hybridized carbons (Fsp3) is 0.278. The number of nitrogens with one attached hydrogen (secondary N) is 1. The molecule has 0 saturated carbocycles. The van der Waals surface area contributed by atoms with Crippen LogP contribution < -0.4 is 10.1 Å². The second kappa shape index (κ2) is 6.52. The van der Waals surface area contributed by atoms with Gasteiger partial charge in [-0.05, 0) is 47.4 Å². The third-order valence-electron chi connectivity index (χ3n) is 3.22. The molecule has 116 valence electrons. The highest BCUT2D eigenvalue weighted by Gasteiger charge is 2.14. The molecule has 22 heavy (non-hydrogen) atoms. The quantitative estimate of drug-likeness (QED) is 0.846. The van der Waals surface area contributed by atoms with Crippen LogP contribution in [-0.4, -0.2) is 17.6 Å². The molecule has 0 unspecified atom stereocenters. The number of phenols is 1. The van der Waals surface area contributed by atoms with E-state index in [9.17, 15) is 9.90 Å². The van der Waals surface area contributed by atoms with E-state index in [4.69, 9.17) is 4.74 Å². The largest absolute Gasteiger partial charge is 0.508 e. The van der Waals surface area contributed by atoms with Crippen LogP contribution in [0.3, 0.4) is 0 Å². The van der Waals surface area contributed by atoms with Crippen LogP contribution in [0.25, 0.3) is 0 Å². The van der Waals surface area contributed by atoms with Gasteiger partial charge in [0.2, 0.25) is 0 Å². The second-order valence-electron chi connectivity index (χ2n) is 6.16. The monoisotopic (exact) mass is 299 g/mol. The molecule has 1 amide bonds. The van der Waals surface area contributed by atoms with Gasteiger partial charge >= 0.3 is 0 Å². The van der Waals surface area contributed by atoms with Crippen LogP contribution in [0.1, 0.15) is 26.3 Å². The SMILES string of the molecule is CC(C)(C)c1cccc(OCC(=O)Nc2ccc(O)cc2)c1. The Morgan fingerprint density at radius 3 is 2.45 bits per heavy atom. The molecule has 0 bridgehead atoms. The van der Waals surface area contributed by atoms with E-state index in [1.54, 1.807) is 12.1 Å². The van der Waals surface area contributed by atoms with Gasteiger partial charge in [0, 0.05) is 5.69 Å². The van der Waals surface area contributed by atoms with E-state index in [1.807, 2.05) is 24.3 Å². The van der Waals surface area contributed by atoms with E-state index in [1.165, 1.54) is 12.1 Å². The Bertz CT molecular complexity index is 642. The van der Waals surface area contributed by atoms with Crippen LogP contribution in [-0.2, 0) is 10.2 Å². The second-order valence-corrected chi connectivity index (χ2v) is 6.16. The summed E-state index contributed by atoms with van der Waals surface area (Å²) < 4.78 is 5.54. The summed E-state index contributed by atoms with van der Waals surface area (Å²) in [5.41, 5.74) is 1.81. The molecular weight excluding hydrogens is 278 g/mol. The Kier molecular flexibility index (Phi) is 4.71. The number of hydrogen-bond donors (Lipinski definition) is 2. The van der Waals surface area contributed by atoms with Gasteiger partial charge < -0.3 is 15.2 Å². The zero-order chi connectivity index (χ0) is 16.2. The summed E-state index contributed by atoms with van der Waals surface area (Å²) in [6.07, 6.45) is 0. The first-order valence-corrected chi connectivity index (χ1v) is 7.17. The first-order chi connectivity index (χ1) is 10.3. The number of hydrogen-bond acceptors (Lipinski definition) is 3. The van der Waals surface area contributed by atoms with Gasteiger partial charge in [-0.15, -0.1) is 0 Å². The summed E-state index contributed by atoms with van der Waals surface area (Å²) in [4.78, 5) is 11.9. The van der Waals surface area contributed by atoms with Crippen molar-refractivity contribution in [3.05, 3.63) is 54.1 Å². The molecule has 2 rings (SSSR count). The minimum atomic E-state index is -0.244. The molecule has 0 heterocycles. The lowest BCUT2D eigenvalue weighted by molar-refractivity contribution is -0.118. The highest BCUT2D eigenvalue weighted by molar-refractivity contribution is 5.91. The molecule has 0 aromatic heterocycles. The minimum absolute atomic E-state index is 0.0354. The number of aromatic hydroxyl groups is 1. The van der Waals surface area contributed by atoms with Crippen LogP contribution >= 0.6 is 0 Å². The average Bonchev–Trinajstić information content (AvgIpc) is 2.47. The number of amides is 1. The lowest BCUT2D eigenvalue weighted by Crippen LogP contribution is -2.20. The topological polar surface area (TPSA) is 58.6 Å². The predicted molar refractivity (Wildman–Crippen MR) is 87.4 cm³/mol. The molecule has 0 aliphatic heterocycles. The van der Waals surface area contributed by atoms with E-state index in [-0.39, 0.29) is 23.7 Å². The first kappa shape index (κ1) is 15.9. The van der Waals surface area contributed by atoms with E-state index < -0.39 is 0 Å². The smallest absolute Gasteiger partial charge is 0.262 e. The molecule has 0 spiro atoms. The number of carbonyl (C=O) groups is 1. The van der Waals surface area contributed by atoms with Gasteiger partial charge in [0.25, 0.3) is 5.91 Å². The highest BCUT2D eigenvalue weighted by Crippen LogP contribution is 2.25. The summed E-state index contributed by atoms with van der Waals surface area (Å²) >= 11 is 0. The van der Waals surface area contributed by atoms with Crippen LogP contribution in [0.5, 0.6) is 11.5 Å². The van der Waals surface area contributed by atoms with Crippen molar-refractivity contribution in [1.82, 2.24) is 0 Å². The van der Waals surface area contributed by atoms with Gasteiger partial charge in [0.1, 0.15) is 11.5 Å². The van der Waals surface area contributed by atoms with Crippen molar-refractivity contribution < 1.29 is 14.6 Å². The van der Waals surface area contributed by atoms with Gasteiger partial charge in [-0.2, -0.15) is 0 Å². The summed E-state index contributed by atoms with van der Waals surface area (Å²) in [5.74, 6) is 0.591. The molecule has 2 aromatic carbocycles. The van der Waals surface area contributed by atoms with Crippen molar-refractivity contribution in [1.29, 1.82) is 0 Å². The molecule has 0 fully saturated rings. The van der Waals surface area contributed by atoms with Crippen molar-refractivity contribution in [2.45, 2.75) is 26.2 Å². The Balaban J connectivity index is 1.92. The van der Waals surface area contributed by atoms with Gasteiger partial charge in [0.05, 0.1) is 0 Å². The van der Waals surface area contributed by atoms with Crippen molar-refractivity contribution in [2.75, 3.05) is 11.9 Å². The average molecular weight is 299 g/mol. The molecule has 0 saturated heterocycles. The highest BCUT2D eigenvalue weighted by atomic mass is 16.5. The molecule has 4 heteroatoms. The predicted octanol–water partition coefficient (Wildman–Crippen LogP) is 3.71. The Labute approximate surface area is 130 Å². The number of phenolic OH excluding ortho intramolecular Hbond substituents is 1. The molecule has 4 nitrogen and oxygen atoms in total. The van der Waals surface area contributed by atoms with Crippen LogP contribution in [0.4, 0.5) is 5.69 Å². The number of anilines is 1. The third-order valence-corrected chi connectivity index (χ3v) is 3.22. The number of benzene rings is 2. The lowest BCUT2D eigenvalue weighted by Gasteiger charge is -2.19. The van der Waals surface area contributed by atoms with Crippen molar-refractivity contribution in [2.24, 2.45) is 0 Å². The standard InChI is InChI=1S/C18H21NO3/c1-18(2,3)13-5-4-6-16(11-13)22-12-17(21)19-14-7-9-15(20)10-8-14/h4-11,20H,12H2,1-3H3,(H,19,21). The number of carbonyl (C=O) groups excluding carboxylic acids is 1.